The third kappa shape index (κ3) is 6.21. The Labute approximate surface area is 203 Å². The van der Waals surface area contributed by atoms with Gasteiger partial charge in [-0.1, -0.05) is 105 Å². The van der Waals surface area contributed by atoms with Crippen molar-refractivity contribution in [3.8, 4) is 22.3 Å². The molecular weight excluding hydrogens is 445 g/mol. The maximum Gasteiger partial charge on any atom is 0.416 e. The molecule has 1 aliphatic rings. The van der Waals surface area contributed by atoms with Gasteiger partial charge in [0.1, 0.15) is 0 Å². The first-order chi connectivity index (χ1) is 16.3. The second-order valence-electron chi connectivity index (χ2n) is 10.1. The summed E-state index contributed by atoms with van der Waals surface area (Å²) in [6, 6.07) is 26.6. The van der Waals surface area contributed by atoms with E-state index in [9.17, 15) is 13.2 Å². The summed E-state index contributed by atoms with van der Waals surface area (Å²) in [4.78, 5) is 0. The highest BCUT2D eigenvalue weighted by Gasteiger charge is 2.30. The molecule has 4 heteroatoms. The lowest BCUT2D eigenvalue weighted by Crippen LogP contribution is -2.20. The molecule has 0 aromatic heterocycles. The second-order valence-corrected chi connectivity index (χ2v) is 13.1. The Morgan fingerprint density at radius 3 is 2.09 bits per heavy atom. The van der Waals surface area contributed by atoms with Crippen LogP contribution in [0.5, 0.6) is 0 Å². The van der Waals surface area contributed by atoms with Crippen LogP contribution in [0, 0.1) is 5.92 Å². The molecule has 0 aliphatic carbocycles. The summed E-state index contributed by atoms with van der Waals surface area (Å²) in [5.74, 6) is 1.35. The highest BCUT2D eigenvalue weighted by molar-refractivity contribution is 6.59. The Morgan fingerprint density at radius 1 is 0.824 bits per heavy atom. The van der Waals surface area contributed by atoms with Crippen LogP contribution in [0.1, 0.15) is 56.6 Å². The molecule has 1 aliphatic heterocycles. The quantitative estimate of drug-likeness (QED) is 0.296. The number of hydrogen-bond donors (Lipinski definition) is 0. The molecule has 0 unspecified atom stereocenters. The molecule has 3 aromatic rings. The minimum Gasteiger partial charge on any atom is -0.166 e. The highest BCUT2D eigenvalue weighted by Crippen LogP contribution is 2.40. The fourth-order valence-corrected chi connectivity index (χ4v) is 8.10. The number of hydrogen-bond acceptors (Lipinski definition) is 0. The third-order valence-electron chi connectivity index (χ3n) is 7.13. The largest absolute Gasteiger partial charge is 0.416 e. The first kappa shape index (κ1) is 24.8. The Kier molecular flexibility index (Phi) is 7.97. The molecule has 4 rings (SSSR count). The molecule has 1 saturated heterocycles. The summed E-state index contributed by atoms with van der Waals surface area (Å²) >= 11 is 0. The average molecular weight is 480 g/mol. The van der Waals surface area contributed by atoms with Gasteiger partial charge in [-0.25, -0.2) is 0 Å². The van der Waals surface area contributed by atoms with Crippen LogP contribution in [0.25, 0.3) is 22.3 Å². The van der Waals surface area contributed by atoms with Gasteiger partial charge in [0.15, 0.2) is 0 Å². The number of halogens is 3. The number of benzene rings is 3. The molecule has 0 nitrogen and oxygen atoms in total. The van der Waals surface area contributed by atoms with E-state index >= 15 is 0 Å². The molecular formula is C30H34F3Si. The smallest absolute Gasteiger partial charge is 0.166 e. The molecule has 1 radical (unpaired) electrons. The van der Waals surface area contributed by atoms with E-state index in [4.69, 9.17) is 0 Å². The molecule has 0 atom stereocenters. The summed E-state index contributed by atoms with van der Waals surface area (Å²) in [6.07, 6.45) is 0.884. The molecule has 179 valence electrons. The summed E-state index contributed by atoms with van der Waals surface area (Å²) < 4.78 is 39.4. The van der Waals surface area contributed by atoms with Crippen molar-refractivity contribution in [2.45, 2.75) is 69.8 Å². The van der Waals surface area contributed by atoms with Crippen molar-refractivity contribution in [2.24, 2.45) is 5.92 Å². The molecule has 0 saturated carbocycles. The van der Waals surface area contributed by atoms with E-state index in [1.165, 1.54) is 61.5 Å². The number of alkyl halides is 3. The third-order valence-corrected chi connectivity index (χ3v) is 10.2. The number of rotatable bonds is 7. The summed E-state index contributed by atoms with van der Waals surface area (Å²) in [6.45, 7) is 4.61. The predicted octanol–water partition coefficient (Wildman–Crippen LogP) is 9.85. The first-order valence-corrected chi connectivity index (χ1v) is 14.6. The second kappa shape index (κ2) is 10.9. The van der Waals surface area contributed by atoms with E-state index in [1.807, 2.05) is 18.2 Å². The molecule has 0 N–H and O–H groups in total. The maximum atomic E-state index is 13.1. The molecule has 1 heterocycles. The Bertz CT molecular complexity index is 1050. The first-order valence-electron chi connectivity index (χ1n) is 12.5. The van der Waals surface area contributed by atoms with Gasteiger partial charge in [-0.15, -0.1) is 0 Å². The van der Waals surface area contributed by atoms with E-state index in [1.54, 1.807) is 12.1 Å². The molecule has 0 amide bonds. The summed E-state index contributed by atoms with van der Waals surface area (Å²) in [7, 11) is -0.221. The summed E-state index contributed by atoms with van der Waals surface area (Å²) in [5.41, 5.74) is 4.74. The van der Waals surface area contributed by atoms with E-state index in [2.05, 4.69) is 44.2 Å². The highest BCUT2D eigenvalue weighted by atomic mass is 28.3. The Hall–Kier alpha value is -2.33. The van der Waals surface area contributed by atoms with Gasteiger partial charge >= 0.3 is 6.18 Å². The van der Waals surface area contributed by atoms with Crippen molar-refractivity contribution in [1.29, 1.82) is 0 Å². The Morgan fingerprint density at radius 2 is 1.47 bits per heavy atom. The van der Waals surface area contributed by atoms with E-state index in [0.29, 0.717) is 5.92 Å². The molecule has 0 bridgehead atoms. The van der Waals surface area contributed by atoms with Crippen LogP contribution in [0.2, 0.25) is 18.1 Å². The van der Waals surface area contributed by atoms with Gasteiger partial charge in [-0.2, -0.15) is 13.2 Å². The van der Waals surface area contributed by atoms with E-state index < -0.39 is 11.7 Å². The lowest BCUT2D eigenvalue weighted by molar-refractivity contribution is -0.137. The van der Waals surface area contributed by atoms with Crippen LogP contribution < -0.4 is 0 Å². The summed E-state index contributed by atoms with van der Waals surface area (Å²) in [5, 5.41) is 0. The fourth-order valence-electron chi connectivity index (χ4n) is 5.13. The van der Waals surface area contributed by atoms with Gasteiger partial charge in [0.25, 0.3) is 0 Å². The fraction of sp³-hybridized carbons (Fsp3) is 0.400. The molecule has 1 fully saturated rings. The maximum absolute atomic E-state index is 13.1. The van der Waals surface area contributed by atoms with E-state index in [0.717, 1.165) is 28.2 Å². The molecule has 0 spiro atoms. The van der Waals surface area contributed by atoms with Crippen molar-refractivity contribution < 1.29 is 13.2 Å². The monoisotopic (exact) mass is 479 g/mol. The van der Waals surface area contributed by atoms with Crippen molar-refractivity contribution in [3.05, 3.63) is 83.9 Å². The normalized spacial score (nSPS) is 15.7. The van der Waals surface area contributed by atoms with E-state index in [-0.39, 0.29) is 8.80 Å². The van der Waals surface area contributed by atoms with Crippen LogP contribution in [0.15, 0.2) is 72.8 Å². The van der Waals surface area contributed by atoms with Gasteiger partial charge in [0.05, 0.1) is 5.56 Å². The van der Waals surface area contributed by atoms with Crippen molar-refractivity contribution in [1.82, 2.24) is 0 Å². The van der Waals surface area contributed by atoms with Crippen LogP contribution in [-0.2, 0) is 6.18 Å². The van der Waals surface area contributed by atoms with Gasteiger partial charge in [-0.05, 0) is 64.6 Å². The van der Waals surface area contributed by atoms with Crippen LogP contribution >= 0.6 is 0 Å². The zero-order valence-corrected chi connectivity index (χ0v) is 21.2. The SMILES string of the molecule is CC(C)CCC[Si]1CCC(c2ccc(-c3ccccc3)c(-c3ccc(C(F)(F)F)cc3)c2)CC1. The van der Waals surface area contributed by atoms with Crippen molar-refractivity contribution >= 4 is 8.80 Å². The van der Waals surface area contributed by atoms with Gasteiger partial charge in [-0.3, -0.25) is 0 Å². The van der Waals surface area contributed by atoms with Crippen LogP contribution in [0.4, 0.5) is 13.2 Å². The van der Waals surface area contributed by atoms with Gasteiger partial charge in [0, 0.05) is 8.80 Å². The lowest BCUT2D eigenvalue weighted by atomic mass is 9.87. The lowest BCUT2D eigenvalue weighted by Gasteiger charge is -2.28. The van der Waals surface area contributed by atoms with Crippen molar-refractivity contribution in [2.75, 3.05) is 0 Å². The molecule has 3 aromatic carbocycles. The minimum absolute atomic E-state index is 0.221. The minimum atomic E-state index is -4.32. The topological polar surface area (TPSA) is 0 Å². The Balaban J connectivity index is 1.58. The van der Waals surface area contributed by atoms with Gasteiger partial charge < -0.3 is 0 Å². The predicted molar refractivity (Wildman–Crippen MR) is 139 cm³/mol. The zero-order chi connectivity index (χ0) is 24.1. The molecule has 34 heavy (non-hydrogen) atoms. The zero-order valence-electron chi connectivity index (χ0n) is 20.2. The standard InChI is InChI=1S/C30H34F3Si/c1-22(2)7-6-18-34-19-16-23(17-20-34)26-12-15-28(24-8-4-3-5-9-24)29(21-26)25-10-13-27(14-11-25)30(31,32)33/h3-5,8-15,21-23H,6-7,16-20H2,1-2H3. The average Bonchev–Trinajstić information content (AvgIpc) is 2.84. The van der Waals surface area contributed by atoms with Crippen LogP contribution in [0.3, 0.4) is 0 Å². The van der Waals surface area contributed by atoms with Crippen LogP contribution in [-0.4, -0.2) is 8.80 Å². The van der Waals surface area contributed by atoms with Crippen molar-refractivity contribution in [3.63, 3.8) is 0 Å². The van der Waals surface area contributed by atoms with Gasteiger partial charge in [0.2, 0.25) is 0 Å².